The summed E-state index contributed by atoms with van der Waals surface area (Å²) in [5.74, 6) is 0.977. The molecular weight excluding hydrogens is 302 g/mol. The maximum absolute atomic E-state index is 5.52. The second kappa shape index (κ2) is 5.42. The van der Waals surface area contributed by atoms with Gasteiger partial charge in [0.25, 0.3) is 0 Å². The Bertz CT molecular complexity index is 513. The summed E-state index contributed by atoms with van der Waals surface area (Å²) in [5.41, 5.74) is 6.62. The van der Waals surface area contributed by atoms with Gasteiger partial charge in [-0.25, -0.2) is 9.97 Å². The van der Waals surface area contributed by atoms with Gasteiger partial charge in [-0.05, 0) is 22.9 Å². The number of nitrogen functional groups attached to an aromatic ring is 1. The fraction of sp³-hybridized carbons (Fsp3) is 0.300. The van der Waals surface area contributed by atoms with E-state index in [1.54, 1.807) is 17.5 Å². The van der Waals surface area contributed by atoms with Gasteiger partial charge in [0.15, 0.2) is 0 Å². The number of hydrogen-bond donors (Lipinski definition) is 2. The van der Waals surface area contributed by atoms with Crippen LogP contribution in [0.3, 0.4) is 0 Å². The molecule has 2 aromatic rings. The Kier molecular flexibility index (Phi) is 3.90. The van der Waals surface area contributed by atoms with E-state index >= 15 is 0 Å². The highest BCUT2D eigenvalue weighted by molar-refractivity contribution is 9.10. The lowest BCUT2D eigenvalue weighted by atomic mass is 10.3. The van der Waals surface area contributed by atoms with Crippen molar-refractivity contribution in [3.63, 3.8) is 0 Å². The maximum Gasteiger partial charge on any atom is 0.221 e. The normalized spacial score (nSPS) is 10.5. The average molecular weight is 314 g/mol. The quantitative estimate of drug-likeness (QED) is 0.905. The van der Waals surface area contributed by atoms with Gasteiger partial charge in [0, 0.05) is 24.5 Å². The maximum atomic E-state index is 5.52. The number of aromatic nitrogens is 3. The molecule has 0 atom stereocenters. The van der Waals surface area contributed by atoms with Crippen molar-refractivity contribution in [2.45, 2.75) is 13.3 Å². The lowest BCUT2D eigenvalue weighted by molar-refractivity contribution is 0.956. The number of anilines is 2. The molecule has 0 aliphatic heterocycles. The zero-order valence-electron chi connectivity index (χ0n) is 9.27. The van der Waals surface area contributed by atoms with Crippen LogP contribution >= 0.6 is 27.3 Å². The molecule has 2 rings (SSSR count). The van der Waals surface area contributed by atoms with Gasteiger partial charge in [0.2, 0.25) is 5.95 Å². The summed E-state index contributed by atoms with van der Waals surface area (Å²) in [5, 5.41) is 6.36. The van der Waals surface area contributed by atoms with E-state index in [0.29, 0.717) is 5.82 Å². The minimum absolute atomic E-state index is 0.264. The topological polar surface area (TPSA) is 76.7 Å². The Morgan fingerprint density at radius 2 is 2.29 bits per heavy atom. The molecule has 5 nitrogen and oxygen atoms in total. The summed E-state index contributed by atoms with van der Waals surface area (Å²) >= 11 is 5.03. The SMILES string of the molecule is Cc1nc(CCNc2nc(N)ncc2Br)cs1. The lowest BCUT2D eigenvalue weighted by Crippen LogP contribution is -2.08. The summed E-state index contributed by atoms with van der Waals surface area (Å²) in [6, 6.07) is 0. The molecule has 0 spiro atoms. The number of rotatable bonds is 4. The molecule has 0 radical (unpaired) electrons. The Hall–Kier alpha value is -1.21. The standard InChI is InChI=1S/C10H12BrN5S/c1-6-15-7(5-17-6)2-3-13-9-8(11)4-14-10(12)16-9/h4-5H,2-3H2,1H3,(H3,12,13,14,16). The third-order valence-corrected chi connectivity index (χ3v) is 3.51. The van der Waals surface area contributed by atoms with Gasteiger partial charge in [0.1, 0.15) is 5.82 Å². The van der Waals surface area contributed by atoms with Crippen molar-refractivity contribution in [3.05, 3.63) is 26.8 Å². The highest BCUT2D eigenvalue weighted by atomic mass is 79.9. The molecule has 0 aromatic carbocycles. The van der Waals surface area contributed by atoms with Crippen molar-refractivity contribution in [1.82, 2.24) is 15.0 Å². The summed E-state index contributed by atoms with van der Waals surface area (Å²) in [7, 11) is 0. The Balaban J connectivity index is 1.91. The van der Waals surface area contributed by atoms with Crippen LogP contribution in [0, 0.1) is 6.92 Å². The first-order chi connectivity index (χ1) is 8.15. The zero-order valence-corrected chi connectivity index (χ0v) is 11.7. The Morgan fingerprint density at radius 3 is 3.00 bits per heavy atom. The number of nitrogens with one attached hydrogen (secondary N) is 1. The molecule has 0 amide bonds. The van der Waals surface area contributed by atoms with Crippen LogP contribution in [0.15, 0.2) is 16.0 Å². The van der Waals surface area contributed by atoms with Crippen LogP contribution in [0.5, 0.6) is 0 Å². The van der Waals surface area contributed by atoms with E-state index in [1.165, 1.54) is 0 Å². The first-order valence-corrected chi connectivity index (χ1v) is 6.75. The van der Waals surface area contributed by atoms with Crippen molar-refractivity contribution < 1.29 is 0 Å². The molecule has 2 heterocycles. The van der Waals surface area contributed by atoms with Crippen molar-refractivity contribution in [1.29, 1.82) is 0 Å². The predicted octanol–water partition coefficient (Wildman–Crippen LogP) is 2.24. The highest BCUT2D eigenvalue weighted by Crippen LogP contribution is 2.19. The molecule has 0 unspecified atom stereocenters. The van der Waals surface area contributed by atoms with E-state index in [-0.39, 0.29) is 5.95 Å². The highest BCUT2D eigenvalue weighted by Gasteiger charge is 2.03. The molecule has 3 N–H and O–H groups in total. The van der Waals surface area contributed by atoms with Crippen LogP contribution in [0.1, 0.15) is 10.7 Å². The second-order valence-corrected chi connectivity index (χ2v) is 5.38. The Labute approximate surface area is 112 Å². The third-order valence-electron chi connectivity index (χ3n) is 2.10. The van der Waals surface area contributed by atoms with E-state index in [9.17, 15) is 0 Å². The molecule has 0 aliphatic carbocycles. The molecule has 7 heteroatoms. The zero-order chi connectivity index (χ0) is 12.3. The number of nitrogens with two attached hydrogens (primary N) is 1. The van der Waals surface area contributed by atoms with Gasteiger partial charge >= 0.3 is 0 Å². The van der Waals surface area contributed by atoms with Crippen molar-refractivity contribution >= 4 is 39.0 Å². The smallest absolute Gasteiger partial charge is 0.221 e. The average Bonchev–Trinajstić information content (AvgIpc) is 2.69. The van der Waals surface area contributed by atoms with Gasteiger partial charge in [-0.3, -0.25) is 0 Å². The molecule has 0 fully saturated rings. The molecule has 90 valence electrons. The van der Waals surface area contributed by atoms with Crippen molar-refractivity contribution in [2.75, 3.05) is 17.6 Å². The van der Waals surface area contributed by atoms with Gasteiger partial charge in [-0.15, -0.1) is 11.3 Å². The summed E-state index contributed by atoms with van der Waals surface area (Å²) in [4.78, 5) is 12.4. The van der Waals surface area contributed by atoms with Crippen LogP contribution in [0.4, 0.5) is 11.8 Å². The van der Waals surface area contributed by atoms with Crippen LogP contribution in [0.25, 0.3) is 0 Å². The largest absolute Gasteiger partial charge is 0.369 e. The summed E-state index contributed by atoms with van der Waals surface area (Å²) < 4.78 is 0.807. The number of nitrogens with zero attached hydrogens (tertiary/aromatic N) is 3. The van der Waals surface area contributed by atoms with E-state index in [1.807, 2.05) is 6.92 Å². The number of halogens is 1. The molecular formula is C10H12BrN5S. The lowest BCUT2D eigenvalue weighted by Gasteiger charge is -2.06. The Morgan fingerprint density at radius 1 is 1.47 bits per heavy atom. The number of hydrogen-bond acceptors (Lipinski definition) is 6. The van der Waals surface area contributed by atoms with E-state index in [2.05, 4.69) is 41.6 Å². The fourth-order valence-corrected chi connectivity index (χ4v) is 2.32. The monoisotopic (exact) mass is 313 g/mol. The van der Waals surface area contributed by atoms with Crippen LogP contribution < -0.4 is 11.1 Å². The number of thiazole rings is 1. The fourth-order valence-electron chi connectivity index (χ4n) is 1.34. The van der Waals surface area contributed by atoms with Crippen molar-refractivity contribution in [3.8, 4) is 0 Å². The minimum Gasteiger partial charge on any atom is -0.369 e. The predicted molar refractivity (Wildman–Crippen MR) is 73.2 cm³/mol. The molecule has 0 aliphatic rings. The summed E-state index contributed by atoms with van der Waals surface area (Å²) in [6.07, 6.45) is 2.50. The first kappa shape index (κ1) is 12.3. The minimum atomic E-state index is 0.264. The van der Waals surface area contributed by atoms with Gasteiger partial charge in [-0.1, -0.05) is 0 Å². The van der Waals surface area contributed by atoms with Crippen LogP contribution in [-0.2, 0) is 6.42 Å². The second-order valence-electron chi connectivity index (χ2n) is 3.46. The molecule has 17 heavy (non-hydrogen) atoms. The van der Waals surface area contributed by atoms with E-state index in [4.69, 9.17) is 5.73 Å². The molecule has 0 saturated carbocycles. The van der Waals surface area contributed by atoms with Crippen LogP contribution in [0.2, 0.25) is 0 Å². The first-order valence-electron chi connectivity index (χ1n) is 5.08. The van der Waals surface area contributed by atoms with Gasteiger partial charge in [0.05, 0.1) is 15.2 Å². The molecule has 0 bridgehead atoms. The van der Waals surface area contributed by atoms with E-state index in [0.717, 1.165) is 28.1 Å². The van der Waals surface area contributed by atoms with Crippen LogP contribution in [-0.4, -0.2) is 21.5 Å². The van der Waals surface area contributed by atoms with Gasteiger partial charge < -0.3 is 11.1 Å². The van der Waals surface area contributed by atoms with Crippen molar-refractivity contribution in [2.24, 2.45) is 0 Å². The number of aryl methyl sites for hydroxylation is 1. The molecule has 0 saturated heterocycles. The van der Waals surface area contributed by atoms with E-state index < -0.39 is 0 Å². The van der Waals surface area contributed by atoms with Gasteiger partial charge in [-0.2, -0.15) is 4.98 Å². The summed E-state index contributed by atoms with van der Waals surface area (Å²) in [6.45, 7) is 2.77. The molecule has 2 aromatic heterocycles. The third kappa shape index (κ3) is 3.37.